The maximum absolute atomic E-state index is 13.4. The summed E-state index contributed by atoms with van der Waals surface area (Å²) >= 11 is 0. The van der Waals surface area contributed by atoms with Crippen LogP contribution < -0.4 is 0 Å². The molecule has 0 N–H and O–H groups in total. The fourth-order valence-electron chi connectivity index (χ4n) is 2.44. The van der Waals surface area contributed by atoms with Gasteiger partial charge in [0.05, 0.1) is 26.2 Å². The lowest BCUT2D eigenvalue weighted by molar-refractivity contribution is -0.145. The van der Waals surface area contributed by atoms with Crippen molar-refractivity contribution in [2.45, 2.75) is 19.4 Å². The van der Waals surface area contributed by atoms with Gasteiger partial charge in [-0.25, -0.2) is 4.39 Å². The van der Waals surface area contributed by atoms with Crippen molar-refractivity contribution in [3.8, 4) is 0 Å². The largest absolute Gasteiger partial charge is 0.466 e. The lowest BCUT2D eigenvalue weighted by atomic mass is 10.0. The van der Waals surface area contributed by atoms with Gasteiger partial charge in [-0.15, -0.1) is 0 Å². The standard InChI is InChI=1S/C15H20FNO3/c1-2-20-15(18)11-14(17-6-8-19-9-7-17)12-4-3-5-13(16)10-12/h3-5,10,14H,2,6-9,11H2,1H3. The zero-order valence-electron chi connectivity index (χ0n) is 11.7. The molecule has 1 atom stereocenters. The van der Waals surface area contributed by atoms with E-state index >= 15 is 0 Å². The van der Waals surface area contributed by atoms with Gasteiger partial charge in [-0.3, -0.25) is 9.69 Å². The Balaban J connectivity index is 2.16. The second kappa shape index (κ2) is 7.36. The minimum absolute atomic E-state index is 0.159. The lowest BCUT2D eigenvalue weighted by Crippen LogP contribution is -2.40. The van der Waals surface area contributed by atoms with E-state index in [4.69, 9.17) is 9.47 Å². The highest BCUT2D eigenvalue weighted by Gasteiger charge is 2.25. The van der Waals surface area contributed by atoms with Crippen molar-refractivity contribution >= 4 is 5.97 Å². The van der Waals surface area contributed by atoms with Gasteiger partial charge in [0, 0.05) is 19.1 Å². The van der Waals surface area contributed by atoms with Gasteiger partial charge in [0.15, 0.2) is 0 Å². The van der Waals surface area contributed by atoms with Crippen molar-refractivity contribution in [2.24, 2.45) is 0 Å². The van der Waals surface area contributed by atoms with E-state index in [9.17, 15) is 9.18 Å². The number of halogens is 1. The zero-order chi connectivity index (χ0) is 14.4. The van der Waals surface area contributed by atoms with Crippen LogP contribution in [0, 0.1) is 5.82 Å². The smallest absolute Gasteiger partial charge is 0.307 e. The van der Waals surface area contributed by atoms with Crippen LogP contribution in [-0.4, -0.2) is 43.8 Å². The Kier molecular flexibility index (Phi) is 5.49. The first-order chi connectivity index (χ1) is 9.70. The van der Waals surface area contributed by atoms with E-state index in [-0.39, 0.29) is 24.2 Å². The van der Waals surface area contributed by atoms with Crippen molar-refractivity contribution in [1.29, 1.82) is 0 Å². The monoisotopic (exact) mass is 281 g/mol. The van der Waals surface area contributed by atoms with Gasteiger partial charge >= 0.3 is 5.97 Å². The summed E-state index contributed by atoms with van der Waals surface area (Å²) in [7, 11) is 0. The predicted molar refractivity (Wildman–Crippen MR) is 72.8 cm³/mol. The molecule has 4 nitrogen and oxygen atoms in total. The molecule has 20 heavy (non-hydrogen) atoms. The molecule has 1 heterocycles. The summed E-state index contributed by atoms with van der Waals surface area (Å²) in [6, 6.07) is 6.25. The molecule has 0 spiro atoms. The molecule has 1 aromatic carbocycles. The number of hydrogen-bond acceptors (Lipinski definition) is 4. The molecule has 2 rings (SSSR count). The normalized spacial score (nSPS) is 17.7. The fraction of sp³-hybridized carbons (Fsp3) is 0.533. The molecule has 1 saturated heterocycles. The van der Waals surface area contributed by atoms with E-state index in [2.05, 4.69) is 4.90 Å². The highest BCUT2D eigenvalue weighted by molar-refractivity contribution is 5.70. The Hall–Kier alpha value is -1.46. The third-order valence-corrected chi connectivity index (χ3v) is 3.39. The average molecular weight is 281 g/mol. The third-order valence-electron chi connectivity index (χ3n) is 3.39. The van der Waals surface area contributed by atoms with Crippen molar-refractivity contribution in [3.63, 3.8) is 0 Å². The molecule has 110 valence electrons. The summed E-state index contributed by atoms with van der Waals surface area (Å²) in [4.78, 5) is 13.9. The summed E-state index contributed by atoms with van der Waals surface area (Å²) in [5.41, 5.74) is 0.806. The first kappa shape index (κ1) is 14.9. The maximum atomic E-state index is 13.4. The molecule has 0 bridgehead atoms. The molecule has 1 aliphatic heterocycles. The van der Waals surface area contributed by atoms with Crippen LogP contribution in [0.15, 0.2) is 24.3 Å². The van der Waals surface area contributed by atoms with E-state index in [1.165, 1.54) is 12.1 Å². The Morgan fingerprint density at radius 3 is 2.85 bits per heavy atom. The highest BCUT2D eigenvalue weighted by atomic mass is 19.1. The zero-order valence-corrected chi connectivity index (χ0v) is 11.7. The van der Waals surface area contributed by atoms with Crippen molar-refractivity contribution < 1.29 is 18.7 Å². The number of ether oxygens (including phenoxy) is 2. The van der Waals surface area contributed by atoms with Crippen LogP contribution >= 0.6 is 0 Å². The first-order valence-electron chi connectivity index (χ1n) is 6.93. The fourth-order valence-corrected chi connectivity index (χ4v) is 2.44. The average Bonchev–Trinajstić information content (AvgIpc) is 2.46. The first-order valence-corrected chi connectivity index (χ1v) is 6.93. The quantitative estimate of drug-likeness (QED) is 0.775. The molecule has 0 aromatic heterocycles. The van der Waals surface area contributed by atoms with Crippen LogP contribution in [-0.2, 0) is 14.3 Å². The Bertz CT molecular complexity index is 446. The van der Waals surface area contributed by atoms with E-state index in [0.717, 1.165) is 18.7 Å². The summed E-state index contributed by atoms with van der Waals surface area (Å²) < 4.78 is 23.8. The van der Waals surface area contributed by atoms with E-state index < -0.39 is 0 Å². The Morgan fingerprint density at radius 2 is 2.20 bits per heavy atom. The second-order valence-corrected chi connectivity index (χ2v) is 4.73. The predicted octanol–water partition coefficient (Wildman–Crippen LogP) is 2.15. The molecule has 1 aromatic rings. The Labute approximate surface area is 118 Å². The molecule has 0 amide bonds. The summed E-state index contributed by atoms with van der Waals surface area (Å²) in [5.74, 6) is -0.544. The molecule has 0 radical (unpaired) electrons. The van der Waals surface area contributed by atoms with Crippen molar-refractivity contribution in [3.05, 3.63) is 35.6 Å². The molecular formula is C15H20FNO3. The van der Waals surface area contributed by atoms with Crippen LogP contribution in [0.1, 0.15) is 24.9 Å². The SMILES string of the molecule is CCOC(=O)CC(c1cccc(F)c1)N1CCOCC1. The number of nitrogens with zero attached hydrogens (tertiary/aromatic N) is 1. The van der Waals surface area contributed by atoms with Gasteiger partial charge < -0.3 is 9.47 Å². The van der Waals surface area contributed by atoms with Gasteiger partial charge in [-0.2, -0.15) is 0 Å². The lowest BCUT2D eigenvalue weighted by Gasteiger charge is -2.34. The third kappa shape index (κ3) is 4.02. The number of carbonyl (C=O) groups is 1. The summed E-state index contributed by atoms with van der Waals surface area (Å²) in [6.07, 6.45) is 0.233. The van der Waals surface area contributed by atoms with Crippen LogP contribution in [0.2, 0.25) is 0 Å². The number of benzene rings is 1. The van der Waals surface area contributed by atoms with Gasteiger partial charge in [-0.05, 0) is 24.6 Å². The Morgan fingerprint density at radius 1 is 1.45 bits per heavy atom. The van der Waals surface area contributed by atoms with Crippen LogP contribution in [0.25, 0.3) is 0 Å². The molecule has 1 fully saturated rings. The van der Waals surface area contributed by atoms with E-state index in [1.807, 2.05) is 6.07 Å². The number of hydrogen-bond donors (Lipinski definition) is 0. The number of morpholine rings is 1. The van der Waals surface area contributed by atoms with Crippen LogP contribution in [0.5, 0.6) is 0 Å². The maximum Gasteiger partial charge on any atom is 0.307 e. The van der Waals surface area contributed by atoms with Crippen LogP contribution in [0.3, 0.4) is 0 Å². The van der Waals surface area contributed by atoms with E-state index in [1.54, 1.807) is 13.0 Å². The second-order valence-electron chi connectivity index (χ2n) is 4.73. The minimum Gasteiger partial charge on any atom is -0.466 e. The topological polar surface area (TPSA) is 38.8 Å². The van der Waals surface area contributed by atoms with Crippen LogP contribution in [0.4, 0.5) is 4.39 Å². The molecule has 1 aliphatic rings. The number of rotatable bonds is 5. The molecule has 0 saturated carbocycles. The summed E-state index contributed by atoms with van der Waals surface area (Å²) in [6.45, 7) is 4.88. The van der Waals surface area contributed by atoms with Gasteiger partial charge in [0.25, 0.3) is 0 Å². The summed E-state index contributed by atoms with van der Waals surface area (Å²) in [5, 5.41) is 0. The molecule has 0 aliphatic carbocycles. The molecule has 1 unspecified atom stereocenters. The highest BCUT2D eigenvalue weighted by Crippen LogP contribution is 2.26. The van der Waals surface area contributed by atoms with Gasteiger partial charge in [-0.1, -0.05) is 12.1 Å². The van der Waals surface area contributed by atoms with E-state index in [0.29, 0.717) is 19.8 Å². The van der Waals surface area contributed by atoms with Gasteiger partial charge in [0.2, 0.25) is 0 Å². The van der Waals surface area contributed by atoms with Crippen molar-refractivity contribution in [2.75, 3.05) is 32.9 Å². The molecule has 5 heteroatoms. The minimum atomic E-state index is -0.287. The molecular weight excluding hydrogens is 261 g/mol. The van der Waals surface area contributed by atoms with Crippen molar-refractivity contribution in [1.82, 2.24) is 4.90 Å². The number of carbonyl (C=O) groups excluding carboxylic acids is 1. The van der Waals surface area contributed by atoms with Gasteiger partial charge in [0.1, 0.15) is 5.82 Å². The number of esters is 1.